The van der Waals surface area contributed by atoms with Crippen LogP contribution in [0.4, 0.5) is 4.79 Å². The average Bonchev–Trinajstić information content (AvgIpc) is 3.22. The van der Waals surface area contributed by atoms with Crippen LogP contribution in [0.2, 0.25) is 0 Å². The number of hydrogen-bond acceptors (Lipinski definition) is 7. The van der Waals surface area contributed by atoms with Crippen molar-refractivity contribution in [3.63, 3.8) is 0 Å². The van der Waals surface area contributed by atoms with Crippen molar-refractivity contribution in [1.82, 2.24) is 15.1 Å². The summed E-state index contributed by atoms with van der Waals surface area (Å²) in [5.74, 6) is -0.566. The highest BCUT2D eigenvalue weighted by molar-refractivity contribution is 5.96. The van der Waals surface area contributed by atoms with Crippen LogP contribution in [0.25, 0.3) is 0 Å². The number of ether oxygens (including phenoxy) is 3. The number of carbonyl (C=O) groups excluding carboxylic acids is 4. The molecule has 2 saturated heterocycles. The van der Waals surface area contributed by atoms with Gasteiger partial charge in [-0.1, -0.05) is 18.2 Å². The summed E-state index contributed by atoms with van der Waals surface area (Å²) < 4.78 is 16.8. The van der Waals surface area contributed by atoms with Crippen LogP contribution in [0.5, 0.6) is 5.75 Å². The molecule has 4 rings (SSSR count). The van der Waals surface area contributed by atoms with Crippen molar-refractivity contribution < 1.29 is 33.4 Å². The molecule has 0 spiro atoms. The summed E-state index contributed by atoms with van der Waals surface area (Å²) in [6, 6.07) is 6.04. The second-order valence-electron chi connectivity index (χ2n) is 10.8. The monoisotopic (exact) mass is 528 g/mol. The fraction of sp³-hybridized carbons (Fsp3) is 0.593. The number of likely N-dealkylation sites (N-methyl/N-ethyl adjacent to an activating group) is 1. The van der Waals surface area contributed by atoms with Crippen molar-refractivity contribution in [1.29, 1.82) is 0 Å². The lowest BCUT2D eigenvalue weighted by atomic mass is 9.94. The topological polar surface area (TPSA) is 127 Å². The Bertz CT molecular complexity index is 1100. The van der Waals surface area contributed by atoms with Crippen molar-refractivity contribution in [2.24, 2.45) is 4.99 Å². The van der Waals surface area contributed by atoms with Gasteiger partial charge in [-0.3, -0.25) is 14.4 Å². The molecule has 3 heterocycles. The van der Waals surface area contributed by atoms with Crippen LogP contribution in [0, 0.1) is 0 Å². The molecular formula is C27H36N4O7. The van der Waals surface area contributed by atoms with E-state index < -0.39 is 41.8 Å². The van der Waals surface area contributed by atoms with E-state index in [0.29, 0.717) is 25.9 Å². The van der Waals surface area contributed by atoms with Crippen LogP contribution in [0.15, 0.2) is 29.3 Å². The smallest absolute Gasteiger partial charge is 0.410 e. The number of para-hydroxylation sites is 1. The zero-order valence-corrected chi connectivity index (χ0v) is 22.3. The maximum absolute atomic E-state index is 13.5. The molecule has 38 heavy (non-hydrogen) atoms. The van der Waals surface area contributed by atoms with Crippen molar-refractivity contribution in [2.75, 3.05) is 26.8 Å². The second kappa shape index (κ2) is 11.5. The van der Waals surface area contributed by atoms with E-state index in [-0.39, 0.29) is 31.4 Å². The van der Waals surface area contributed by atoms with Gasteiger partial charge in [-0.25, -0.2) is 9.79 Å². The highest BCUT2D eigenvalue weighted by Crippen LogP contribution is 2.33. The Balaban J connectivity index is 1.39. The number of benzene rings is 1. The number of nitrogens with one attached hydrogen (secondary N) is 1. The number of hydrogen-bond donors (Lipinski definition) is 1. The molecule has 1 aromatic carbocycles. The lowest BCUT2D eigenvalue weighted by molar-refractivity contribution is -0.147. The number of carbonyl (C=O) groups is 4. The second-order valence-corrected chi connectivity index (χ2v) is 10.8. The Kier molecular flexibility index (Phi) is 8.35. The molecule has 0 bridgehead atoms. The maximum Gasteiger partial charge on any atom is 0.410 e. The van der Waals surface area contributed by atoms with E-state index in [0.717, 1.165) is 16.2 Å². The minimum atomic E-state index is -0.876. The third-order valence-corrected chi connectivity index (χ3v) is 6.70. The highest BCUT2D eigenvalue weighted by Gasteiger charge is 2.45. The Morgan fingerprint density at radius 1 is 1.16 bits per heavy atom. The van der Waals surface area contributed by atoms with Gasteiger partial charge in [-0.05, 0) is 46.1 Å². The summed E-state index contributed by atoms with van der Waals surface area (Å²) >= 11 is 0. The lowest BCUT2D eigenvalue weighted by Gasteiger charge is -2.29. The van der Waals surface area contributed by atoms with Crippen LogP contribution in [-0.2, 0) is 23.9 Å². The molecule has 4 atom stereocenters. The van der Waals surface area contributed by atoms with E-state index in [1.54, 1.807) is 27.0 Å². The molecular weight excluding hydrogens is 492 g/mol. The largest absolute Gasteiger partial charge is 0.493 e. The third kappa shape index (κ3) is 6.50. The van der Waals surface area contributed by atoms with Crippen LogP contribution >= 0.6 is 0 Å². The fourth-order valence-corrected chi connectivity index (χ4v) is 4.87. The standard InChI is InChI=1S/C27H36N4O7/c1-27(2,3)38-26(35)30(4)16-22(32)29-19-12-14-37-23-10-9-20(31(23)25(19)34)24(33)28-15-17-11-13-36-21-8-6-5-7-18(17)21/h5-8,15,17,19-20,23H,9-14,16H2,1-4H3,(H,29,32)/t17?,19-,20+,23-/m0/s1. The Morgan fingerprint density at radius 2 is 1.92 bits per heavy atom. The molecule has 1 N–H and O–H groups in total. The summed E-state index contributed by atoms with van der Waals surface area (Å²) in [5.41, 5.74) is 0.284. The van der Waals surface area contributed by atoms with Gasteiger partial charge in [-0.15, -0.1) is 0 Å². The van der Waals surface area contributed by atoms with Gasteiger partial charge < -0.3 is 29.3 Å². The molecule has 1 unspecified atom stereocenters. The summed E-state index contributed by atoms with van der Waals surface area (Å²) in [7, 11) is 1.45. The van der Waals surface area contributed by atoms with E-state index in [9.17, 15) is 19.2 Å². The first-order valence-corrected chi connectivity index (χ1v) is 13.0. The minimum absolute atomic E-state index is 0.0498. The van der Waals surface area contributed by atoms with Gasteiger partial charge >= 0.3 is 6.09 Å². The number of aliphatic imine (C=N–C) groups is 1. The molecule has 11 nitrogen and oxygen atoms in total. The summed E-state index contributed by atoms with van der Waals surface area (Å²) in [5, 5.41) is 2.70. The summed E-state index contributed by atoms with van der Waals surface area (Å²) in [4.78, 5) is 58.3. The van der Waals surface area contributed by atoms with E-state index in [1.165, 1.54) is 11.9 Å². The van der Waals surface area contributed by atoms with Gasteiger partial charge in [0, 0.05) is 31.2 Å². The summed E-state index contributed by atoms with van der Waals surface area (Å²) in [6.45, 7) is 5.72. The van der Waals surface area contributed by atoms with Crippen molar-refractivity contribution in [2.45, 2.75) is 76.3 Å². The summed E-state index contributed by atoms with van der Waals surface area (Å²) in [6.07, 6.45) is 2.38. The van der Waals surface area contributed by atoms with Crippen molar-refractivity contribution in [3.05, 3.63) is 29.8 Å². The van der Waals surface area contributed by atoms with Gasteiger partial charge in [0.1, 0.15) is 36.2 Å². The molecule has 0 aromatic heterocycles. The average molecular weight is 529 g/mol. The van der Waals surface area contributed by atoms with Crippen molar-refractivity contribution in [3.8, 4) is 5.75 Å². The first kappa shape index (κ1) is 27.6. The van der Waals surface area contributed by atoms with E-state index >= 15 is 0 Å². The molecule has 11 heteroatoms. The number of nitrogens with zero attached hydrogens (tertiary/aromatic N) is 3. The minimum Gasteiger partial charge on any atom is -0.493 e. The third-order valence-electron chi connectivity index (χ3n) is 6.70. The van der Waals surface area contributed by atoms with E-state index in [4.69, 9.17) is 14.2 Å². The van der Waals surface area contributed by atoms with Gasteiger partial charge in [0.2, 0.25) is 11.8 Å². The SMILES string of the molecule is CN(CC(=O)N[C@H]1CCO[C@H]2CC[C@H](C(=O)N=CC3CCOc4ccccc43)N2C1=O)C(=O)OC(C)(C)C. The predicted molar refractivity (Wildman–Crippen MR) is 138 cm³/mol. The van der Waals surface area contributed by atoms with E-state index in [1.807, 2.05) is 24.3 Å². The Morgan fingerprint density at radius 3 is 2.68 bits per heavy atom. The molecule has 1 aromatic rings. The molecule has 2 fully saturated rings. The first-order valence-electron chi connectivity index (χ1n) is 13.0. The molecule has 0 aliphatic carbocycles. The predicted octanol–water partition coefficient (Wildman–Crippen LogP) is 2.24. The van der Waals surface area contributed by atoms with Crippen LogP contribution < -0.4 is 10.1 Å². The molecule has 206 valence electrons. The molecule has 0 radical (unpaired) electrons. The zero-order chi connectivity index (χ0) is 27.4. The lowest BCUT2D eigenvalue weighted by Crippen LogP contribution is -2.54. The van der Waals surface area contributed by atoms with Crippen molar-refractivity contribution >= 4 is 30.0 Å². The number of fused-ring (bicyclic) bond motifs is 2. The number of rotatable bonds is 5. The fourth-order valence-electron chi connectivity index (χ4n) is 4.87. The molecule has 0 saturated carbocycles. The highest BCUT2D eigenvalue weighted by atomic mass is 16.6. The van der Waals surface area contributed by atoms with Crippen LogP contribution in [-0.4, -0.2) is 90.5 Å². The molecule has 3 aliphatic rings. The maximum atomic E-state index is 13.5. The molecule has 4 amide bonds. The number of amides is 4. The van der Waals surface area contributed by atoms with Gasteiger partial charge in [0.25, 0.3) is 5.91 Å². The molecule has 3 aliphatic heterocycles. The first-order chi connectivity index (χ1) is 18.0. The van der Waals surface area contributed by atoms with Gasteiger partial charge in [-0.2, -0.15) is 0 Å². The zero-order valence-electron chi connectivity index (χ0n) is 22.3. The normalized spacial score (nSPS) is 25.2. The quantitative estimate of drug-likeness (QED) is 0.581. The van der Waals surface area contributed by atoms with Crippen LogP contribution in [0.3, 0.4) is 0 Å². The Labute approximate surface area is 222 Å². The van der Waals surface area contributed by atoms with Crippen LogP contribution in [0.1, 0.15) is 57.9 Å². The Hall–Kier alpha value is -3.47. The van der Waals surface area contributed by atoms with E-state index in [2.05, 4.69) is 10.3 Å². The van der Waals surface area contributed by atoms with Gasteiger partial charge in [0.05, 0.1) is 13.2 Å². The van der Waals surface area contributed by atoms with Gasteiger partial charge in [0.15, 0.2) is 0 Å².